The maximum atomic E-state index is 15.0. The summed E-state index contributed by atoms with van der Waals surface area (Å²) in [6.45, 7) is 1.53. The van der Waals surface area contributed by atoms with E-state index >= 15 is 8.78 Å². The Bertz CT molecular complexity index is 1120. The van der Waals surface area contributed by atoms with Crippen LogP contribution in [0.15, 0.2) is 41.6 Å². The third-order valence-electron chi connectivity index (χ3n) is 5.96. The number of aliphatic hydroxyl groups is 1. The summed E-state index contributed by atoms with van der Waals surface area (Å²) in [4.78, 5) is 44.1. The number of hydrogen-bond donors (Lipinski definition) is 2. The number of nitrogens with zero attached hydrogens (tertiary/aromatic N) is 3. The molecular formula is C25H32F2N4O7. The van der Waals surface area contributed by atoms with Crippen LogP contribution in [0.2, 0.25) is 0 Å². The van der Waals surface area contributed by atoms with Gasteiger partial charge in [0.2, 0.25) is 6.23 Å². The first-order chi connectivity index (χ1) is 18.2. The van der Waals surface area contributed by atoms with E-state index in [1.165, 1.54) is 0 Å². The van der Waals surface area contributed by atoms with Gasteiger partial charge in [0.15, 0.2) is 6.10 Å². The van der Waals surface area contributed by atoms with Crippen molar-refractivity contribution in [1.29, 1.82) is 0 Å². The van der Waals surface area contributed by atoms with Crippen LogP contribution in [0, 0.1) is 0 Å². The Morgan fingerprint density at radius 2 is 1.97 bits per heavy atom. The van der Waals surface area contributed by atoms with E-state index in [1.54, 1.807) is 24.5 Å². The number of carbonyl (C=O) groups is 2. The lowest BCUT2D eigenvalue weighted by Crippen LogP contribution is -2.42. The van der Waals surface area contributed by atoms with Crippen molar-refractivity contribution < 1.29 is 37.7 Å². The maximum absolute atomic E-state index is 15.0. The lowest BCUT2D eigenvalue weighted by Gasteiger charge is -2.23. The second kappa shape index (κ2) is 13.9. The minimum absolute atomic E-state index is 0.0365. The average molecular weight is 539 g/mol. The fourth-order valence-corrected chi connectivity index (χ4v) is 3.88. The highest BCUT2D eigenvalue weighted by atomic mass is 19.3. The van der Waals surface area contributed by atoms with Crippen LogP contribution in [0.4, 0.5) is 19.4 Å². The third-order valence-corrected chi connectivity index (χ3v) is 5.96. The van der Waals surface area contributed by atoms with Gasteiger partial charge in [-0.1, -0.05) is 38.7 Å². The third kappa shape index (κ3) is 7.78. The number of amides is 1. The van der Waals surface area contributed by atoms with Gasteiger partial charge in [-0.2, -0.15) is 8.78 Å². The molecule has 1 aliphatic rings. The quantitative estimate of drug-likeness (QED) is 0.290. The van der Waals surface area contributed by atoms with Gasteiger partial charge in [-0.05, 0) is 30.5 Å². The second-order valence-electron chi connectivity index (χ2n) is 8.85. The van der Waals surface area contributed by atoms with Gasteiger partial charge in [0.25, 0.3) is 0 Å². The summed E-state index contributed by atoms with van der Waals surface area (Å²) in [5.41, 5.74) is -0.354. The minimum Gasteiger partial charge on any atom is -0.463 e. The Labute approximate surface area is 218 Å². The summed E-state index contributed by atoms with van der Waals surface area (Å²) in [5.74, 6) is -5.01. The molecule has 1 amide bonds. The smallest absolute Gasteiger partial charge is 0.412 e. The van der Waals surface area contributed by atoms with Gasteiger partial charge in [0.1, 0.15) is 18.5 Å². The number of anilines is 1. The summed E-state index contributed by atoms with van der Waals surface area (Å²) in [6.07, 6.45) is 1.86. The molecule has 1 saturated heterocycles. The minimum atomic E-state index is -3.97. The molecule has 0 aromatic carbocycles. The van der Waals surface area contributed by atoms with E-state index in [9.17, 15) is 19.5 Å². The van der Waals surface area contributed by atoms with E-state index in [-0.39, 0.29) is 18.8 Å². The number of esters is 1. The lowest BCUT2D eigenvalue weighted by atomic mass is 10.1. The molecule has 0 saturated carbocycles. The van der Waals surface area contributed by atoms with Crippen LogP contribution in [-0.4, -0.2) is 63.0 Å². The number of halogens is 2. The molecule has 1 aliphatic heterocycles. The Hall–Kier alpha value is -3.45. The predicted octanol–water partition coefficient (Wildman–Crippen LogP) is 3.23. The van der Waals surface area contributed by atoms with Gasteiger partial charge in [-0.15, -0.1) is 0 Å². The van der Waals surface area contributed by atoms with Crippen LogP contribution in [0.25, 0.3) is 0 Å². The summed E-state index contributed by atoms with van der Waals surface area (Å²) in [6, 6.07) is 4.61. The second-order valence-corrected chi connectivity index (χ2v) is 8.85. The monoisotopic (exact) mass is 538 g/mol. The normalized spacial score (nSPS) is 20.2. The summed E-state index contributed by atoms with van der Waals surface area (Å²) in [5, 5.41) is 12.5. The van der Waals surface area contributed by atoms with E-state index in [2.05, 4.69) is 22.2 Å². The van der Waals surface area contributed by atoms with Gasteiger partial charge in [0.05, 0.1) is 6.61 Å². The number of pyridine rings is 1. The van der Waals surface area contributed by atoms with Gasteiger partial charge in [-0.3, -0.25) is 15.1 Å². The average Bonchev–Trinajstić information content (AvgIpc) is 3.12. The topological polar surface area (TPSA) is 142 Å². The summed E-state index contributed by atoms with van der Waals surface area (Å²) >= 11 is 0. The molecule has 0 unspecified atom stereocenters. The number of hydrogen-bond acceptors (Lipinski definition) is 9. The Morgan fingerprint density at radius 3 is 2.71 bits per heavy atom. The Kier molecular flexibility index (Phi) is 10.7. The molecule has 0 radical (unpaired) electrons. The van der Waals surface area contributed by atoms with E-state index in [0.717, 1.165) is 43.5 Å². The highest BCUT2D eigenvalue weighted by Crippen LogP contribution is 2.43. The van der Waals surface area contributed by atoms with Crippen LogP contribution in [0.5, 0.6) is 0 Å². The highest BCUT2D eigenvalue weighted by molar-refractivity contribution is 5.83. The molecule has 3 atom stereocenters. The molecule has 2 aromatic heterocycles. The molecule has 2 aromatic rings. The molecule has 2 N–H and O–H groups in total. The standard InChI is InChI=1S/C25H32F2N4O7/c1-2-3-4-5-6-14-36-24(35)30-19-11-13-29-23(34)31(19)22-25(26,27)21(33)18(38-22)16-37-20(32)10-9-17-8-7-12-28-15-17/h7-8,11-13,15,18,21-22,33H,2-6,9-10,14,16H2,1H3,(H,30,35)/t18-,21-,22-/m1/s1. The van der Waals surface area contributed by atoms with E-state index in [0.29, 0.717) is 17.4 Å². The van der Waals surface area contributed by atoms with Gasteiger partial charge < -0.3 is 19.3 Å². The van der Waals surface area contributed by atoms with Crippen LogP contribution >= 0.6 is 0 Å². The Balaban J connectivity index is 1.60. The lowest BCUT2D eigenvalue weighted by molar-refractivity contribution is -0.150. The van der Waals surface area contributed by atoms with Crippen molar-refractivity contribution in [2.45, 2.75) is 76.2 Å². The molecule has 3 heterocycles. The number of unbranched alkanes of at least 4 members (excludes halogenated alkanes) is 4. The zero-order valence-corrected chi connectivity index (χ0v) is 21.1. The first kappa shape index (κ1) is 29.1. The number of ether oxygens (including phenoxy) is 3. The van der Waals surface area contributed by atoms with Crippen LogP contribution in [0.1, 0.15) is 57.2 Å². The van der Waals surface area contributed by atoms with Crippen LogP contribution < -0.4 is 11.0 Å². The number of aromatic nitrogens is 3. The summed E-state index contributed by atoms with van der Waals surface area (Å²) in [7, 11) is 0. The fourth-order valence-electron chi connectivity index (χ4n) is 3.88. The van der Waals surface area contributed by atoms with E-state index in [1.807, 2.05) is 0 Å². The van der Waals surface area contributed by atoms with Crippen molar-refractivity contribution in [3.8, 4) is 0 Å². The van der Waals surface area contributed by atoms with Crippen molar-refractivity contribution in [3.63, 3.8) is 0 Å². The molecule has 13 heteroatoms. The van der Waals surface area contributed by atoms with Crippen molar-refractivity contribution in [2.75, 3.05) is 18.5 Å². The number of aryl methyl sites for hydroxylation is 1. The molecule has 0 aliphatic carbocycles. The molecule has 1 fully saturated rings. The van der Waals surface area contributed by atoms with Gasteiger partial charge in [0, 0.05) is 25.0 Å². The number of aliphatic hydroxyl groups excluding tert-OH is 1. The van der Waals surface area contributed by atoms with E-state index < -0.39 is 48.7 Å². The molecule has 38 heavy (non-hydrogen) atoms. The van der Waals surface area contributed by atoms with Crippen LogP contribution in [-0.2, 0) is 25.4 Å². The molecule has 0 spiro atoms. The number of rotatable bonds is 13. The first-order valence-electron chi connectivity index (χ1n) is 12.5. The van der Waals surface area contributed by atoms with Crippen molar-refractivity contribution in [1.82, 2.24) is 14.5 Å². The zero-order valence-electron chi connectivity index (χ0n) is 21.1. The zero-order chi connectivity index (χ0) is 27.5. The van der Waals surface area contributed by atoms with Crippen molar-refractivity contribution >= 4 is 17.9 Å². The largest absolute Gasteiger partial charge is 0.463 e. The number of alkyl halides is 2. The predicted molar refractivity (Wildman–Crippen MR) is 131 cm³/mol. The Morgan fingerprint density at radius 1 is 1.18 bits per heavy atom. The van der Waals surface area contributed by atoms with Crippen LogP contribution in [0.3, 0.4) is 0 Å². The van der Waals surface area contributed by atoms with Gasteiger partial charge >= 0.3 is 23.7 Å². The molecule has 208 valence electrons. The fraction of sp³-hybridized carbons (Fsp3) is 0.560. The highest BCUT2D eigenvalue weighted by Gasteiger charge is 2.60. The first-order valence-corrected chi connectivity index (χ1v) is 12.5. The van der Waals surface area contributed by atoms with Crippen molar-refractivity contribution in [3.05, 3.63) is 52.8 Å². The molecule has 0 bridgehead atoms. The number of carbonyl (C=O) groups excluding carboxylic acids is 2. The molecule has 3 rings (SSSR count). The molecular weight excluding hydrogens is 506 g/mol. The van der Waals surface area contributed by atoms with Gasteiger partial charge in [-0.25, -0.2) is 19.1 Å². The van der Waals surface area contributed by atoms with E-state index in [4.69, 9.17) is 14.2 Å². The molecule has 11 nitrogen and oxygen atoms in total. The maximum Gasteiger partial charge on any atom is 0.412 e. The SMILES string of the molecule is CCCCCCCOC(=O)Nc1ccnc(=O)n1[C@@H]1O[C@H](COC(=O)CCc2cccnc2)[C@@H](O)C1(F)F. The summed E-state index contributed by atoms with van der Waals surface area (Å²) < 4.78 is 45.9. The number of nitrogens with one attached hydrogen (secondary N) is 1. The van der Waals surface area contributed by atoms with Crippen molar-refractivity contribution in [2.24, 2.45) is 0 Å².